The Morgan fingerprint density at radius 3 is 2.11 bits per heavy atom. The van der Waals surface area contributed by atoms with Crippen molar-refractivity contribution in [3.05, 3.63) is 110 Å². The number of nitrogens with zero attached hydrogens (tertiary/aromatic N) is 9. The van der Waals surface area contributed by atoms with E-state index < -0.39 is 18.3 Å². The van der Waals surface area contributed by atoms with Gasteiger partial charge in [0.1, 0.15) is 22.9 Å². The van der Waals surface area contributed by atoms with Crippen molar-refractivity contribution in [2.24, 2.45) is 0 Å². The molecule has 12 nitrogen and oxygen atoms in total. The van der Waals surface area contributed by atoms with Gasteiger partial charge in [-0.05, 0) is 66.7 Å². The number of alkyl halides is 4. The third-order valence-electron chi connectivity index (χ3n) is 10.2. The first kappa shape index (κ1) is 38.9. The van der Waals surface area contributed by atoms with Crippen LogP contribution in [-0.2, 0) is 11.2 Å². The van der Waals surface area contributed by atoms with Gasteiger partial charge in [-0.2, -0.15) is 0 Å². The van der Waals surface area contributed by atoms with Gasteiger partial charge >= 0.3 is 0 Å². The molecule has 2 amide bonds. The van der Waals surface area contributed by atoms with E-state index in [1.807, 2.05) is 80.8 Å². The second-order valence-corrected chi connectivity index (χ2v) is 14.1. The largest absolute Gasteiger partial charge is 0.358 e. The fraction of sp³-hybridized carbons (Fsp3) is 0.317. The van der Waals surface area contributed by atoms with Gasteiger partial charge in [-0.25, -0.2) is 37.5 Å². The highest BCUT2D eigenvalue weighted by molar-refractivity contribution is 5.97. The minimum Gasteiger partial charge on any atom is -0.358 e. The number of likely N-dealkylation sites (N-methyl/N-ethyl adjacent to an activating group) is 1. The molecule has 7 rings (SSSR count). The second-order valence-electron chi connectivity index (χ2n) is 14.1. The molecule has 0 bridgehead atoms. The zero-order chi connectivity index (χ0) is 40.2. The third-order valence-corrected chi connectivity index (χ3v) is 10.2. The zero-order valence-corrected chi connectivity index (χ0v) is 31.4. The molecular formula is C41H42F4N10O2. The van der Waals surface area contributed by atoms with Gasteiger partial charge in [-0.3, -0.25) is 18.7 Å². The van der Waals surface area contributed by atoms with Crippen LogP contribution in [0, 0.1) is 0 Å². The van der Waals surface area contributed by atoms with E-state index in [4.69, 9.17) is 0 Å². The number of nitrogens with one attached hydrogen (secondary N) is 1. The van der Waals surface area contributed by atoms with Crippen LogP contribution >= 0.6 is 0 Å². The Bertz CT molecular complexity index is 2350. The zero-order valence-electron chi connectivity index (χ0n) is 31.4. The lowest BCUT2D eigenvalue weighted by Crippen LogP contribution is -2.42. The Hall–Kier alpha value is -6.32. The molecule has 1 aliphatic heterocycles. The maximum absolute atomic E-state index is 14.2. The smallest absolute Gasteiger partial charge is 0.255 e. The van der Waals surface area contributed by atoms with Crippen molar-refractivity contribution < 1.29 is 27.2 Å². The maximum atomic E-state index is 14.2. The number of hydrogen-bond acceptors (Lipinski definition) is 8. The van der Waals surface area contributed by atoms with E-state index in [9.17, 15) is 27.2 Å². The number of carbonyl (C=O) groups excluding carboxylic acids is 2. The predicted octanol–water partition coefficient (Wildman–Crippen LogP) is 6.82. The lowest BCUT2D eigenvalue weighted by atomic mass is 10.0. The molecule has 16 heteroatoms. The summed E-state index contributed by atoms with van der Waals surface area (Å²) in [5.74, 6) is -4.45. The molecule has 1 N–H and O–H groups in total. The molecule has 0 aliphatic carbocycles. The summed E-state index contributed by atoms with van der Waals surface area (Å²) in [7, 11) is 1.95. The van der Waals surface area contributed by atoms with Crippen LogP contribution in [-0.4, -0.2) is 97.9 Å². The number of fused-ring (bicyclic) bond motifs is 2. The molecule has 1 aliphatic rings. The van der Waals surface area contributed by atoms with Crippen molar-refractivity contribution in [2.45, 2.75) is 43.9 Å². The molecule has 1 fully saturated rings. The summed E-state index contributed by atoms with van der Waals surface area (Å²) in [4.78, 5) is 47.2. The highest BCUT2D eigenvalue weighted by Gasteiger charge is 2.36. The summed E-state index contributed by atoms with van der Waals surface area (Å²) in [6.07, 6.45) is 11.2. The molecule has 6 aromatic rings. The average Bonchev–Trinajstić information content (AvgIpc) is 3.84. The summed E-state index contributed by atoms with van der Waals surface area (Å²) in [6, 6.07) is 15.0. The first-order valence-corrected chi connectivity index (χ1v) is 18.6. The molecule has 7 heterocycles. The number of aromatic nitrogens is 6. The number of amides is 2. The number of aryl methyl sites for hydroxylation is 1. The van der Waals surface area contributed by atoms with Crippen LogP contribution in [0.25, 0.3) is 33.4 Å². The summed E-state index contributed by atoms with van der Waals surface area (Å²) < 4.78 is 59.4. The van der Waals surface area contributed by atoms with E-state index in [1.54, 1.807) is 30.9 Å². The fourth-order valence-corrected chi connectivity index (χ4v) is 6.86. The van der Waals surface area contributed by atoms with Gasteiger partial charge < -0.3 is 20.0 Å². The molecule has 1 saturated heterocycles. The highest BCUT2D eigenvalue weighted by Crippen LogP contribution is 2.30. The summed E-state index contributed by atoms with van der Waals surface area (Å²) in [5.41, 5.74) is 3.99. The second kappa shape index (κ2) is 16.4. The predicted molar refractivity (Wildman–Crippen MR) is 211 cm³/mol. The summed E-state index contributed by atoms with van der Waals surface area (Å²) in [5, 5.41) is 3.86. The number of piperidine rings is 1. The highest BCUT2D eigenvalue weighted by atomic mass is 19.3. The molecule has 296 valence electrons. The Morgan fingerprint density at radius 2 is 1.49 bits per heavy atom. The van der Waals surface area contributed by atoms with Crippen molar-refractivity contribution in [1.82, 2.24) is 39.3 Å². The van der Waals surface area contributed by atoms with Crippen LogP contribution in [0.1, 0.15) is 41.6 Å². The van der Waals surface area contributed by atoms with E-state index in [1.165, 1.54) is 11.1 Å². The van der Waals surface area contributed by atoms with Crippen molar-refractivity contribution >= 4 is 46.0 Å². The molecule has 0 atom stereocenters. The van der Waals surface area contributed by atoms with E-state index in [0.29, 0.717) is 47.7 Å². The minimum absolute atomic E-state index is 0.0182. The molecule has 57 heavy (non-hydrogen) atoms. The monoisotopic (exact) mass is 782 g/mol. The minimum atomic E-state index is -2.89. The lowest BCUT2D eigenvalue weighted by Gasteiger charge is -2.31. The van der Waals surface area contributed by atoms with Crippen molar-refractivity contribution in [2.75, 3.05) is 49.6 Å². The van der Waals surface area contributed by atoms with Gasteiger partial charge in [0.25, 0.3) is 11.8 Å². The van der Waals surface area contributed by atoms with Gasteiger partial charge in [-0.15, -0.1) is 0 Å². The molecule has 0 aromatic carbocycles. The van der Waals surface area contributed by atoms with Crippen molar-refractivity contribution in [3.8, 4) is 11.4 Å². The number of pyridine rings is 4. The molecule has 6 aromatic heterocycles. The first-order valence-electron chi connectivity index (χ1n) is 18.6. The van der Waals surface area contributed by atoms with E-state index in [-0.39, 0.29) is 51.2 Å². The van der Waals surface area contributed by atoms with Gasteiger partial charge in [-0.1, -0.05) is 6.58 Å². The maximum Gasteiger partial charge on any atom is 0.255 e. The Labute approximate surface area is 326 Å². The number of rotatable bonds is 16. The van der Waals surface area contributed by atoms with Gasteiger partial charge in [0, 0.05) is 101 Å². The molecule has 0 spiro atoms. The number of anilines is 2. The van der Waals surface area contributed by atoms with Gasteiger partial charge in [0.05, 0.1) is 29.3 Å². The average molecular weight is 783 g/mol. The van der Waals surface area contributed by atoms with Gasteiger partial charge in [0.15, 0.2) is 0 Å². The fourth-order valence-electron chi connectivity index (χ4n) is 6.86. The van der Waals surface area contributed by atoms with Crippen LogP contribution in [0.5, 0.6) is 0 Å². The number of halogens is 4. The molecular weight excluding hydrogens is 741 g/mol. The van der Waals surface area contributed by atoms with Crippen molar-refractivity contribution in [1.29, 1.82) is 0 Å². The van der Waals surface area contributed by atoms with E-state index in [0.717, 1.165) is 28.0 Å². The van der Waals surface area contributed by atoms with Crippen LogP contribution in [0.15, 0.2) is 98.5 Å². The van der Waals surface area contributed by atoms with E-state index in [2.05, 4.69) is 31.8 Å². The number of likely N-dealkylation sites (tertiary alicyclic amines) is 1. The van der Waals surface area contributed by atoms with Gasteiger partial charge in [0.2, 0.25) is 12.3 Å². The third kappa shape index (κ3) is 8.90. The van der Waals surface area contributed by atoms with Crippen molar-refractivity contribution in [3.63, 3.8) is 0 Å². The summed E-state index contributed by atoms with van der Waals surface area (Å²) in [6.45, 7) is 5.13. The number of hydrogen-bond donors (Lipinski definition) is 1. The summed E-state index contributed by atoms with van der Waals surface area (Å²) >= 11 is 0. The Morgan fingerprint density at radius 1 is 0.860 bits per heavy atom. The van der Waals surface area contributed by atoms with Crippen LogP contribution in [0.2, 0.25) is 0 Å². The number of carbonyl (C=O) groups is 2. The normalized spacial score (nSPS) is 14.2. The SMILES string of the molecule is C=CN(CCN(C)c1ccc(-n2ccc3cc(C(=O)N4CCC(F)(F)CC4)cnc32)cn1)c1ccc(-n2ccc3cc(CCC(F)(F)CCNC=O)cnc32)cn1. The van der Waals surface area contributed by atoms with Crippen LogP contribution in [0.3, 0.4) is 0 Å². The molecule has 0 unspecified atom stereocenters. The standard InChI is InChI=1S/C41H42F4N10O2/c1-3-52(36-7-5-34(27-48-36)54-16-9-30-22-29(24-49-37(30)54)8-11-40(42,43)12-15-46-28-56)21-20-51(2)35-6-4-33(26-47-35)55-17-10-31-23-32(25-50-38(31)55)39(57)53-18-13-41(44,45)14-19-53/h3-7,9-10,16-17,22-28H,1,8,11-15,18-21H2,2H3,(H,46,56). The molecule has 0 saturated carbocycles. The lowest BCUT2D eigenvalue weighted by molar-refractivity contribution is -0.109. The van der Waals surface area contributed by atoms with E-state index >= 15 is 0 Å². The Balaban J connectivity index is 0.942. The Kier molecular flexibility index (Phi) is 11.2. The van der Waals surface area contributed by atoms with Crippen LogP contribution < -0.4 is 15.1 Å². The topological polar surface area (TPSA) is 117 Å². The molecule has 0 radical (unpaired) electrons. The first-order chi connectivity index (χ1) is 27.4. The van der Waals surface area contributed by atoms with Crippen LogP contribution in [0.4, 0.5) is 29.2 Å². The quantitative estimate of drug-likeness (QED) is 0.0647.